The van der Waals surface area contributed by atoms with Gasteiger partial charge in [-0.2, -0.15) is 0 Å². The summed E-state index contributed by atoms with van der Waals surface area (Å²) >= 11 is 0. The summed E-state index contributed by atoms with van der Waals surface area (Å²) in [6.07, 6.45) is 5.62. The van der Waals surface area contributed by atoms with Crippen LogP contribution in [0.1, 0.15) is 46.5 Å². The van der Waals surface area contributed by atoms with E-state index in [0.717, 1.165) is 24.0 Å². The first-order valence-corrected chi connectivity index (χ1v) is 7.04. The summed E-state index contributed by atoms with van der Waals surface area (Å²) in [5.74, 6) is 0.970. The van der Waals surface area contributed by atoms with Crippen LogP contribution in [0.2, 0.25) is 0 Å². The topological polar surface area (TPSA) is 6.48 Å². The van der Waals surface area contributed by atoms with E-state index in [9.17, 15) is 0 Å². The molecule has 0 atom stereocenters. The Bertz CT molecular complexity index is 213. The standard InChI is InChI=1S/C14H28N2/c1-11(2)16(14-9-12(3)10-14)13-5-7-15(4)8-6-13/h11-14H,5-10H2,1-4H3/t12-,14-. The van der Waals surface area contributed by atoms with Gasteiger partial charge in [0.2, 0.25) is 0 Å². The molecule has 1 saturated heterocycles. The van der Waals surface area contributed by atoms with Crippen LogP contribution in [0.3, 0.4) is 0 Å². The molecule has 0 N–H and O–H groups in total. The lowest BCUT2D eigenvalue weighted by Crippen LogP contribution is -2.55. The first kappa shape index (κ1) is 12.4. The van der Waals surface area contributed by atoms with Crippen molar-refractivity contribution >= 4 is 0 Å². The maximum atomic E-state index is 2.83. The second-order valence-electron chi connectivity index (χ2n) is 6.31. The van der Waals surface area contributed by atoms with Crippen LogP contribution < -0.4 is 0 Å². The van der Waals surface area contributed by atoms with Gasteiger partial charge in [-0.1, -0.05) is 6.92 Å². The maximum Gasteiger partial charge on any atom is 0.0125 e. The number of likely N-dealkylation sites (tertiary alicyclic amines) is 1. The molecule has 1 aliphatic heterocycles. The Morgan fingerprint density at radius 2 is 1.62 bits per heavy atom. The Balaban J connectivity index is 1.92. The highest BCUT2D eigenvalue weighted by Crippen LogP contribution is 2.35. The Morgan fingerprint density at radius 3 is 2.06 bits per heavy atom. The molecule has 16 heavy (non-hydrogen) atoms. The van der Waals surface area contributed by atoms with Gasteiger partial charge < -0.3 is 4.90 Å². The van der Waals surface area contributed by atoms with E-state index in [1.54, 1.807) is 0 Å². The number of piperidine rings is 1. The Hall–Kier alpha value is -0.0800. The molecule has 0 spiro atoms. The van der Waals surface area contributed by atoms with Crippen LogP contribution in [-0.4, -0.2) is 48.1 Å². The first-order chi connectivity index (χ1) is 7.58. The normalized spacial score (nSPS) is 33.4. The van der Waals surface area contributed by atoms with Crippen molar-refractivity contribution in [2.45, 2.75) is 64.6 Å². The molecule has 1 saturated carbocycles. The SMILES string of the molecule is CC(C)N(C1CCN(C)CC1)[C@H]1C[C@H](C)C1. The number of nitrogens with zero attached hydrogens (tertiary/aromatic N) is 2. The van der Waals surface area contributed by atoms with E-state index >= 15 is 0 Å². The third kappa shape index (κ3) is 2.60. The molecule has 94 valence electrons. The van der Waals surface area contributed by atoms with Gasteiger partial charge in [-0.25, -0.2) is 0 Å². The summed E-state index contributed by atoms with van der Waals surface area (Å²) in [4.78, 5) is 5.30. The molecule has 0 bridgehead atoms. The summed E-state index contributed by atoms with van der Waals surface area (Å²) in [5.41, 5.74) is 0. The zero-order valence-electron chi connectivity index (χ0n) is 11.4. The van der Waals surface area contributed by atoms with Gasteiger partial charge in [0, 0.05) is 18.1 Å². The first-order valence-electron chi connectivity index (χ1n) is 7.04. The summed E-state index contributed by atoms with van der Waals surface area (Å²) in [6, 6.07) is 2.48. The highest BCUT2D eigenvalue weighted by Gasteiger charge is 2.36. The molecule has 2 fully saturated rings. The highest BCUT2D eigenvalue weighted by molar-refractivity contribution is 4.91. The largest absolute Gasteiger partial charge is 0.306 e. The van der Waals surface area contributed by atoms with Crippen LogP contribution >= 0.6 is 0 Å². The fourth-order valence-corrected chi connectivity index (χ4v) is 3.54. The average molecular weight is 224 g/mol. The van der Waals surface area contributed by atoms with E-state index in [1.807, 2.05) is 0 Å². The summed E-state index contributed by atoms with van der Waals surface area (Å²) in [5, 5.41) is 0. The second-order valence-corrected chi connectivity index (χ2v) is 6.31. The molecule has 0 aromatic heterocycles. The van der Waals surface area contributed by atoms with Crippen molar-refractivity contribution in [3.05, 3.63) is 0 Å². The van der Waals surface area contributed by atoms with E-state index in [0.29, 0.717) is 0 Å². The molecule has 0 radical (unpaired) electrons. The van der Waals surface area contributed by atoms with Crippen LogP contribution in [0.25, 0.3) is 0 Å². The van der Waals surface area contributed by atoms with Gasteiger partial charge in [-0.3, -0.25) is 4.90 Å². The molecule has 0 aromatic carbocycles. The molecule has 2 aliphatic rings. The van der Waals surface area contributed by atoms with Gasteiger partial charge in [-0.05, 0) is 65.6 Å². The zero-order valence-corrected chi connectivity index (χ0v) is 11.4. The lowest BCUT2D eigenvalue weighted by atomic mass is 9.79. The van der Waals surface area contributed by atoms with Crippen molar-refractivity contribution in [3.8, 4) is 0 Å². The predicted octanol–water partition coefficient (Wildman–Crippen LogP) is 2.59. The Morgan fingerprint density at radius 1 is 1.06 bits per heavy atom. The third-order valence-corrected chi connectivity index (χ3v) is 4.48. The number of rotatable bonds is 3. The molecule has 2 heteroatoms. The van der Waals surface area contributed by atoms with E-state index in [-0.39, 0.29) is 0 Å². The average Bonchev–Trinajstić information content (AvgIpc) is 2.18. The summed E-state index contributed by atoms with van der Waals surface area (Å²) in [7, 11) is 2.25. The van der Waals surface area contributed by atoms with E-state index in [1.165, 1.54) is 38.8 Å². The minimum atomic E-state index is 0.728. The van der Waals surface area contributed by atoms with Crippen molar-refractivity contribution in [3.63, 3.8) is 0 Å². The third-order valence-electron chi connectivity index (χ3n) is 4.48. The molecule has 0 amide bonds. The minimum absolute atomic E-state index is 0.728. The van der Waals surface area contributed by atoms with Crippen molar-refractivity contribution < 1.29 is 0 Å². The molecule has 1 aliphatic carbocycles. The summed E-state index contributed by atoms with van der Waals surface area (Å²) in [6.45, 7) is 9.72. The molecule has 0 unspecified atom stereocenters. The number of hydrogen-bond donors (Lipinski definition) is 0. The smallest absolute Gasteiger partial charge is 0.0125 e. The van der Waals surface area contributed by atoms with Crippen molar-refractivity contribution in [2.75, 3.05) is 20.1 Å². The fourth-order valence-electron chi connectivity index (χ4n) is 3.54. The van der Waals surface area contributed by atoms with Crippen molar-refractivity contribution in [1.29, 1.82) is 0 Å². The predicted molar refractivity (Wildman–Crippen MR) is 69.7 cm³/mol. The van der Waals surface area contributed by atoms with Gasteiger partial charge >= 0.3 is 0 Å². The quantitative estimate of drug-likeness (QED) is 0.727. The molecule has 2 rings (SSSR count). The molecular weight excluding hydrogens is 196 g/mol. The molecule has 2 nitrogen and oxygen atoms in total. The Kier molecular flexibility index (Phi) is 3.91. The summed E-state index contributed by atoms with van der Waals surface area (Å²) < 4.78 is 0. The lowest BCUT2D eigenvalue weighted by molar-refractivity contribution is -0.000200. The van der Waals surface area contributed by atoms with Crippen LogP contribution in [0.4, 0.5) is 0 Å². The Labute approximate surface area is 101 Å². The van der Waals surface area contributed by atoms with E-state index in [2.05, 4.69) is 37.6 Å². The molecule has 0 aromatic rings. The van der Waals surface area contributed by atoms with Gasteiger partial charge in [0.25, 0.3) is 0 Å². The van der Waals surface area contributed by atoms with Crippen LogP contribution in [-0.2, 0) is 0 Å². The van der Waals surface area contributed by atoms with Crippen molar-refractivity contribution in [1.82, 2.24) is 9.80 Å². The van der Waals surface area contributed by atoms with E-state index < -0.39 is 0 Å². The van der Waals surface area contributed by atoms with E-state index in [4.69, 9.17) is 0 Å². The minimum Gasteiger partial charge on any atom is -0.306 e. The monoisotopic (exact) mass is 224 g/mol. The van der Waals surface area contributed by atoms with Crippen LogP contribution in [0.5, 0.6) is 0 Å². The van der Waals surface area contributed by atoms with Crippen LogP contribution in [0, 0.1) is 5.92 Å². The zero-order chi connectivity index (χ0) is 11.7. The van der Waals surface area contributed by atoms with Gasteiger partial charge in [-0.15, -0.1) is 0 Å². The van der Waals surface area contributed by atoms with Gasteiger partial charge in [0.05, 0.1) is 0 Å². The van der Waals surface area contributed by atoms with Gasteiger partial charge in [0.1, 0.15) is 0 Å². The maximum absolute atomic E-state index is 2.83. The molecule has 1 heterocycles. The van der Waals surface area contributed by atoms with Gasteiger partial charge in [0.15, 0.2) is 0 Å². The number of hydrogen-bond acceptors (Lipinski definition) is 2. The van der Waals surface area contributed by atoms with Crippen LogP contribution in [0.15, 0.2) is 0 Å². The molecular formula is C14H28N2. The second kappa shape index (κ2) is 5.05. The van der Waals surface area contributed by atoms with Crippen molar-refractivity contribution in [2.24, 2.45) is 5.92 Å². The lowest BCUT2D eigenvalue weighted by Gasteiger charge is -2.49. The fraction of sp³-hybridized carbons (Fsp3) is 1.00. The highest BCUT2D eigenvalue weighted by atomic mass is 15.2.